The quantitative estimate of drug-likeness (QED) is 0.756. The molecule has 2 aromatic rings. The van der Waals surface area contributed by atoms with Gasteiger partial charge < -0.3 is 4.52 Å². The molecule has 2 fully saturated rings. The topological polar surface area (TPSA) is 32.5 Å². The van der Waals surface area contributed by atoms with Crippen molar-refractivity contribution in [3.63, 3.8) is 0 Å². The van der Waals surface area contributed by atoms with Crippen LogP contribution in [0.25, 0.3) is 0 Å². The predicted molar refractivity (Wildman–Crippen MR) is 108 cm³/mol. The molecule has 0 bridgehead atoms. The van der Waals surface area contributed by atoms with E-state index < -0.39 is 0 Å². The monoisotopic (exact) mass is 385 g/mol. The average molecular weight is 386 g/mol. The zero-order valence-corrected chi connectivity index (χ0v) is 17.2. The van der Waals surface area contributed by atoms with E-state index in [0.717, 1.165) is 55.0 Å². The first-order chi connectivity index (χ1) is 13.6. The van der Waals surface area contributed by atoms with Crippen LogP contribution in [0.15, 0.2) is 28.8 Å². The van der Waals surface area contributed by atoms with Crippen molar-refractivity contribution in [2.75, 3.05) is 26.2 Å². The first-order valence-electron chi connectivity index (χ1n) is 10.7. The van der Waals surface area contributed by atoms with Crippen LogP contribution in [-0.4, -0.2) is 41.1 Å². The third kappa shape index (κ3) is 4.47. The van der Waals surface area contributed by atoms with Gasteiger partial charge >= 0.3 is 0 Å². The zero-order chi connectivity index (χ0) is 19.5. The van der Waals surface area contributed by atoms with Crippen molar-refractivity contribution in [1.29, 1.82) is 0 Å². The molecule has 2 aliphatic rings. The summed E-state index contributed by atoms with van der Waals surface area (Å²) in [6.45, 7) is 10.3. The Bertz CT molecular complexity index is 754. The van der Waals surface area contributed by atoms with E-state index in [0.29, 0.717) is 0 Å². The smallest absolute Gasteiger partial charge is 0.138 e. The molecule has 0 unspecified atom stereocenters. The summed E-state index contributed by atoms with van der Waals surface area (Å²) in [7, 11) is 0. The molecule has 3 heterocycles. The van der Waals surface area contributed by atoms with Crippen LogP contribution >= 0.6 is 0 Å². The van der Waals surface area contributed by atoms with Gasteiger partial charge in [-0.3, -0.25) is 9.80 Å². The number of benzene rings is 1. The first-order valence-corrected chi connectivity index (χ1v) is 10.7. The predicted octanol–water partition coefficient (Wildman–Crippen LogP) is 4.55. The summed E-state index contributed by atoms with van der Waals surface area (Å²) in [5.41, 5.74) is 3.12. The van der Waals surface area contributed by atoms with Gasteiger partial charge in [-0.2, -0.15) is 0 Å². The fourth-order valence-corrected chi connectivity index (χ4v) is 4.98. The molecule has 4 nitrogen and oxygen atoms in total. The molecule has 152 valence electrons. The molecule has 2 aliphatic heterocycles. The van der Waals surface area contributed by atoms with Crippen LogP contribution in [0, 0.1) is 31.5 Å². The van der Waals surface area contributed by atoms with Crippen molar-refractivity contribution in [3.8, 4) is 0 Å². The minimum absolute atomic E-state index is 0.0738. The molecule has 0 amide bonds. The Labute approximate surface area is 167 Å². The van der Waals surface area contributed by atoms with E-state index in [9.17, 15) is 4.39 Å². The SMILES string of the molecule is Cc1noc(C)c1CN1CCC(C2CCN(Cc3ccccc3F)CC2)CC1. The summed E-state index contributed by atoms with van der Waals surface area (Å²) in [5.74, 6) is 2.56. The highest BCUT2D eigenvalue weighted by atomic mass is 19.1. The Kier molecular flexibility index (Phi) is 6.12. The van der Waals surface area contributed by atoms with Crippen LogP contribution in [0.3, 0.4) is 0 Å². The molecule has 2 saturated heterocycles. The van der Waals surface area contributed by atoms with Gasteiger partial charge in [-0.15, -0.1) is 0 Å². The maximum Gasteiger partial charge on any atom is 0.138 e. The van der Waals surface area contributed by atoms with Crippen LogP contribution in [-0.2, 0) is 13.1 Å². The van der Waals surface area contributed by atoms with Gasteiger partial charge in [0, 0.05) is 24.2 Å². The van der Waals surface area contributed by atoms with Crippen LogP contribution < -0.4 is 0 Å². The maximum absolute atomic E-state index is 13.9. The van der Waals surface area contributed by atoms with Crippen molar-refractivity contribution in [3.05, 3.63) is 52.7 Å². The molecular formula is C23H32FN3O. The Morgan fingerprint density at radius 2 is 1.50 bits per heavy atom. The van der Waals surface area contributed by atoms with Crippen molar-refractivity contribution >= 4 is 0 Å². The molecule has 0 aliphatic carbocycles. The van der Waals surface area contributed by atoms with E-state index in [-0.39, 0.29) is 5.82 Å². The highest BCUT2D eigenvalue weighted by Gasteiger charge is 2.30. The normalized spacial score (nSPS) is 20.7. The summed E-state index contributed by atoms with van der Waals surface area (Å²) in [6.07, 6.45) is 5.09. The lowest BCUT2D eigenvalue weighted by Gasteiger charge is -2.40. The molecule has 0 radical (unpaired) electrons. The number of hydrogen-bond donors (Lipinski definition) is 0. The van der Waals surface area contributed by atoms with Crippen LogP contribution in [0.2, 0.25) is 0 Å². The summed E-state index contributed by atoms with van der Waals surface area (Å²) in [6, 6.07) is 7.18. The second kappa shape index (κ2) is 8.75. The Hall–Kier alpha value is -1.72. The van der Waals surface area contributed by atoms with Crippen LogP contribution in [0.1, 0.15) is 48.3 Å². The Morgan fingerprint density at radius 3 is 2.04 bits per heavy atom. The van der Waals surface area contributed by atoms with E-state index in [1.54, 1.807) is 12.1 Å². The molecule has 0 atom stereocenters. The lowest BCUT2D eigenvalue weighted by Crippen LogP contribution is -2.40. The highest BCUT2D eigenvalue weighted by molar-refractivity contribution is 5.20. The number of hydrogen-bond acceptors (Lipinski definition) is 4. The van der Waals surface area contributed by atoms with E-state index in [1.165, 1.54) is 44.3 Å². The minimum Gasteiger partial charge on any atom is -0.361 e. The van der Waals surface area contributed by atoms with Crippen LogP contribution in [0.4, 0.5) is 4.39 Å². The van der Waals surface area contributed by atoms with E-state index >= 15 is 0 Å². The largest absolute Gasteiger partial charge is 0.361 e. The molecule has 5 heteroatoms. The molecule has 1 aromatic heterocycles. The molecule has 0 saturated carbocycles. The summed E-state index contributed by atoms with van der Waals surface area (Å²) >= 11 is 0. The zero-order valence-electron chi connectivity index (χ0n) is 17.2. The minimum atomic E-state index is -0.0738. The number of aryl methyl sites for hydroxylation is 2. The molecule has 0 N–H and O–H groups in total. The summed E-state index contributed by atoms with van der Waals surface area (Å²) in [5, 5.41) is 4.08. The lowest BCUT2D eigenvalue weighted by molar-refractivity contribution is 0.0903. The third-order valence-corrected chi connectivity index (χ3v) is 6.85. The van der Waals surface area contributed by atoms with E-state index in [4.69, 9.17) is 4.52 Å². The Balaban J connectivity index is 1.22. The number of halogens is 1. The first kappa shape index (κ1) is 19.6. The van der Waals surface area contributed by atoms with Gasteiger partial charge in [-0.05, 0) is 83.6 Å². The number of nitrogens with zero attached hydrogens (tertiary/aromatic N) is 3. The fraction of sp³-hybridized carbons (Fsp3) is 0.609. The number of piperidine rings is 2. The highest BCUT2D eigenvalue weighted by Crippen LogP contribution is 2.33. The van der Waals surface area contributed by atoms with Gasteiger partial charge in [0.15, 0.2) is 0 Å². The standard InChI is InChI=1S/C23H32FN3O/c1-17-22(18(2)28-25-17)16-27-13-9-20(10-14-27)19-7-11-26(12-8-19)15-21-5-3-4-6-23(21)24/h3-6,19-20H,7-16H2,1-2H3. The second-order valence-corrected chi connectivity index (χ2v) is 8.62. The van der Waals surface area contributed by atoms with Gasteiger partial charge in [0.1, 0.15) is 11.6 Å². The van der Waals surface area contributed by atoms with Crippen molar-refractivity contribution in [2.24, 2.45) is 11.8 Å². The van der Waals surface area contributed by atoms with E-state index in [1.807, 2.05) is 26.0 Å². The van der Waals surface area contributed by atoms with Crippen molar-refractivity contribution < 1.29 is 8.91 Å². The third-order valence-electron chi connectivity index (χ3n) is 6.85. The molecule has 28 heavy (non-hydrogen) atoms. The summed E-state index contributed by atoms with van der Waals surface area (Å²) < 4.78 is 19.2. The number of likely N-dealkylation sites (tertiary alicyclic amines) is 2. The number of rotatable bonds is 5. The van der Waals surface area contributed by atoms with E-state index in [2.05, 4.69) is 15.0 Å². The molecule has 4 rings (SSSR count). The lowest BCUT2D eigenvalue weighted by atomic mass is 9.78. The molecular weight excluding hydrogens is 353 g/mol. The van der Waals surface area contributed by atoms with Crippen molar-refractivity contribution in [1.82, 2.24) is 15.0 Å². The second-order valence-electron chi connectivity index (χ2n) is 8.62. The van der Waals surface area contributed by atoms with Crippen LogP contribution in [0.5, 0.6) is 0 Å². The summed E-state index contributed by atoms with van der Waals surface area (Å²) in [4.78, 5) is 4.97. The average Bonchev–Trinajstić information content (AvgIpc) is 3.03. The van der Waals surface area contributed by atoms with Gasteiger partial charge in [-0.25, -0.2) is 4.39 Å². The molecule has 0 spiro atoms. The van der Waals surface area contributed by atoms with Gasteiger partial charge in [-0.1, -0.05) is 23.4 Å². The maximum atomic E-state index is 13.9. The van der Waals surface area contributed by atoms with Gasteiger partial charge in [0.05, 0.1) is 5.69 Å². The molecule has 1 aromatic carbocycles. The van der Waals surface area contributed by atoms with Crippen molar-refractivity contribution in [2.45, 2.75) is 52.6 Å². The number of aromatic nitrogens is 1. The van der Waals surface area contributed by atoms with Gasteiger partial charge in [0.25, 0.3) is 0 Å². The van der Waals surface area contributed by atoms with Gasteiger partial charge in [0.2, 0.25) is 0 Å². The Morgan fingerprint density at radius 1 is 0.929 bits per heavy atom. The fourth-order valence-electron chi connectivity index (χ4n) is 4.98.